The van der Waals surface area contributed by atoms with E-state index in [4.69, 9.17) is 21.1 Å². The average molecular weight is 546 g/mol. The lowest BCUT2D eigenvalue weighted by atomic mass is 10.0. The van der Waals surface area contributed by atoms with Crippen molar-refractivity contribution in [3.05, 3.63) is 86.1 Å². The highest BCUT2D eigenvalue weighted by Gasteiger charge is 2.29. The molecule has 0 amide bonds. The van der Waals surface area contributed by atoms with Crippen molar-refractivity contribution < 1.29 is 23.4 Å². The first-order chi connectivity index (χ1) is 18.0. The summed E-state index contributed by atoms with van der Waals surface area (Å²) in [5, 5.41) is 10.4. The molecule has 0 aromatic carbocycles. The summed E-state index contributed by atoms with van der Waals surface area (Å²) in [6.07, 6.45) is 4.41. The number of hydrogen-bond donors (Lipinski definition) is 1. The quantitative estimate of drug-likeness (QED) is 0.452. The van der Waals surface area contributed by atoms with Crippen LogP contribution in [0.2, 0.25) is 5.02 Å². The number of aliphatic hydroxyl groups is 1. The van der Waals surface area contributed by atoms with Gasteiger partial charge in [0.05, 0.1) is 24.5 Å². The van der Waals surface area contributed by atoms with Crippen LogP contribution in [0.4, 0.5) is 8.78 Å². The molecule has 4 rings (SSSR count). The Balaban J connectivity index is 1.62. The van der Waals surface area contributed by atoms with E-state index in [9.17, 15) is 18.7 Å². The summed E-state index contributed by atoms with van der Waals surface area (Å²) in [5.74, 6) is -1.42. The topological polar surface area (TPSA) is 112 Å². The molecule has 2 atom stereocenters. The largest absolute Gasteiger partial charge is 0.485 e. The van der Waals surface area contributed by atoms with Crippen LogP contribution < -0.4 is 10.3 Å². The summed E-state index contributed by atoms with van der Waals surface area (Å²) in [6, 6.07) is 3.53. The number of nitrogens with zero attached hydrogens (tertiary/aromatic N) is 5. The summed E-state index contributed by atoms with van der Waals surface area (Å²) < 4.78 is 39.2. The van der Waals surface area contributed by atoms with Crippen LogP contribution in [-0.4, -0.2) is 44.6 Å². The van der Waals surface area contributed by atoms with Gasteiger partial charge < -0.3 is 14.6 Å². The second kappa shape index (κ2) is 11.1. The minimum atomic E-state index is -1.39. The Kier molecular flexibility index (Phi) is 8.00. The second-order valence-electron chi connectivity index (χ2n) is 9.12. The molecule has 1 N–H and O–H groups in total. The fourth-order valence-electron chi connectivity index (χ4n) is 4.10. The number of ether oxygens (including phenoxy) is 2. The van der Waals surface area contributed by atoms with E-state index < -0.39 is 28.8 Å². The summed E-state index contributed by atoms with van der Waals surface area (Å²) >= 11 is 6.37. The summed E-state index contributed by atoms with van der Waals surface area (Å²) in [6.45, 7) is 4.78. The molecular weight excluding hydrogens is 520 g/mol. The molecule has 12 heteroatoms. The zero-order valence-corrected chi connectivity index (χ0v) is 22.0. The van der Waals surface area contributed by atoms with Crippen molar-refractivity contribution in [1.29, 1.82) is 0 Å². The number of aromatic nitrogens is 4. The molecule has 9 nitrogen and oxygen atoms in total. The Morgan fingerprint density at radius 3 is 2.74 bits per heavy atom. The molecule has 0 saturated heterocycles. The molecule has 0 aliphatic carbocycles. The fourth-order valence-corrected chi connectivity index (χ4v) is 4.30. The predicted octanol–water partition coefficient (Wildman–Crippen LogP) is 4.15. The van der Waals surface area contributed by atoms with E-state index >= 15 is 0 Å². The van der Waals surface area contributed by atoms with Crippen molar-refractivity contribution in [2.24, 2.45) is 4.99 Å². The minimum Gasteiger partial charge on any atom is -0.485 e. The van der Waals surface area contributed by atoms with Crippen molar-refractivity contribution in [2.75, 3.05) is 13.7 Å². The van der Waals surface area contributed by atoms with E-state index in [0.29, 0.717) is 29.6 Å². The number of hydrogen-bond acceptors (Lipinski definition) is 8. The van der Waals surface area contributed by atoms with Crippen LogP contribution in [0, 0.1) is 18.6 Å². The van der Waals surface area contributed by atoms with Gasteiger partial charge in [-0.05, 0) is 32.4 Å². The number of pyridine rings is 2. The molecule has 0 radical (unpaired) electrons. The van der Waals surface area contributed by atoms with Crippen LogP contribution in [0.1, 0.15) is 49.2 Å². The predicted molar refractivity (Wildman–Crippen MR) is 137 cm³/mol. The Hall–Kier alpha value is -3.54. The van der Waals surface area contributed by atoms with Gasteiger partial charge in [0.2, 0.25) is 0 Å². The first-order valence-corrected chi connectivity index (χ1v) is 12.0. The number of dihydropyridines is 1. The zero-order chi connectivity index (χ0) is 27.6. The first-order valence-electron chi connectivity index (χ1n) is 11.6. The van der Waals surface area contributed by atoms with Crippen LogP contribution in [0.5, 0.6) is 5.75 Å². The maximum Gasteiger partial charge on any atom is 0.277 e. The van der Waals surface area contributed by atoms with Crippen LogP contribution in [-0.2, 0) is 16.9 Å². The third-order valence-corrected chi connectivity index (χ3v) is 6.38. The zero-order valence-electron chi connectivity index (χ0n) is 21.2. The Morgan fingerprint density at radius 2 is 2.03 bits per heavy atom. The van der Waals surface area contributed by atoms with Gasteiger partial charge >= 0.3 is 0 Å². The smallest absolute Gasteiger partial charge is 0.277 e. The maximum absolute atomic E-state index is 13.9. The highest BCUT2D eigenvalue weighted by Crippen LogP contribution is 2.33. The van der Waals surface area contributed by atoms with Crippen molar-refractivity contribution in [3.63, 3.8) is 0 Å². The van der Waals surface area contributed by atoms with Gasteiger partial charge in [0.1, 0.15) is 34.5 Å². The SMILES string of the molecule is COCC(C)(O)c1nccc(C2CC(n3c(C)cc(OCc4ncc(F)cc4F)c(Cl)c3=O)=C(C)C=N2)n1. The summed E-state index contributed by atoms with van der Waals surface area (Å²) in [7, 11) is 1.48. The highest BCUT2D eigenvalue weighted by molar-refractivity contribution is 6.31. The molecule has 0 fully saturated rings. The number of methoxy groups -OCH3 is 1. The summed E-state index contributed by atoms with van der Waals surface area (Å²) in [5.41, 5.74) is 0.480. The van der Waals surface area contributed by atoms with Crippen LogP contribution in [0.3, 0.4) is 0 Å². The van der Waals surface area contributed by atoms with Gasteiger partial charge in [-0.25, -0.2) is 18.7 Å². The van der Waals surface area contributed by atoms with Crippen LogP contribution >= 0.6 is 11.6 Å². The van der Waals surface area contributed by atoms with Gasteiger partial charge in [-0.2, -0.15) is 0 Å². The maximum atomic E-state index is 13.9. The van der Waals surface area contributed by atoms with Gasteiger partial charge in [0.25, 0.3) is 5.56 Å². The van der Waals surface area contributed by atoms with Gasteiger partial charge in [0, 0.05) is 49.5 Å². The van der Waals surface area contributed by atoms with E-state index in [1.165, 1.54) is 11.7 Å². The molecule has 200 valence electrons. The highest BCUT2D eigenvalue weighted by atomic mass is 35.5. The lowest BCUT2D eigenvalue weighted by Gasteiger charge is -2.25. The van der Waals surface area contributed by atoms with Crippen molar-refractivity contribution in [3.8, 4) is 5.75 Å². The number of rotatable bonds is 8. The Morgan fingerprint density at radius 1 is 1.26 bits per heavy atom. The molecule has 38 heavy (non-hydrogen) atoms. The number of aryl methyl sites for hydroxylation is 1. The van der Waals surface area contributed by atoms with E-state index in [1.807, 2.05) is 6.92 Å². The third kappa shape index (κ3) is 5.64. The van der Waals surface area contributed by atoms with Gasteiger partial charge in [-0.3, -0.25) is 19.3 Å². The third-order valence-electron chi connectivity index (χ3n) is 6.03. The van der Waals surface area contributed by atoms with Gasteiger partial charge in [0.15, 0.2) is 11.6 Å². The normalized spacial score (nSPS) is 17.0. The van der Waals surface area contributed by atoms with E-state index in [-0.39, 0.29) is 35.5 Å². The molecular formula is C26H26ClF2N5O4. The van der Waals surface area contributed by atoms with E-state index in [2.05, 4.69) is 19.9 Å². The van der Waals surface area contributed by atoms with E-state index in [0.717, 1.165) is 11.8 Å². The molecule has 4 heterocycles. The Bertz CT molecular complexity index is 1490. The van der Waals surface area contributed by atoms with E-state index in [1.54, 1.807) is 38.4 Å². The molecule has 0 spiro atoms. The van der Waals surface area contributed by atoms with Gasteiger partial charge in [-0.1, -0.05) is 11.6 Å². The molecule has 3 aromatic rings. The number of allylic oxidation sites excluding steroid dienone is 1. The van der Waals surface area contributed by atoms with Crippen molar-refractivity contribution >= 4 is 23.5 Å². The molecule has 1 aliphatic heterocycles. The number of halogens is 3. The number of aliphatic imine (C=N–C) groups is 1. The molecule has 2 unspecified atom stereocenters. The van der Waals surface area contributed by atoms with Crippen molar-refractivity contribution in [1.82, 2.24) is 19.5 Å². The lowest BCUT2D eigenvalue weighted by molar-refractivity contribution is -0.0275. The molecule has 0 bridgehead atoms. The molecule has 0 saturated carbocycles. The first kappa shape index (κ1) is 27.5. The fraction of sp³-hybridized carbons (Fsp3) is 0.346. The molecule has 3 aromatic heterocycles. The average Bonchev–Trinajstić information content (AvgIpc) is 2.87. The van der Waals surface area contributed by atoms with Gasteiger partial charge in [-0.15, -0.1) is 0 Å². The van der Waals surface area contributed by atoms with Crippen LogP contribution in [0.25, 0.3) is 5.70 Å². The lowest BCUT2D eigenvalue weighted by Crippen LogP contribution is -2.30. The standard InChI is InChI=1S/C26H26ClF2N5O4/c1-14-10-31-19(18-5-6-30-25(33-18)26(3,36)13-37-4)9-21(14)34-15(2)7-22(23(27)24(34)35)38-12-20-17(29)8-16(28)11-32-20/h5-8,10-11,19,36H,9,12-13H2,1-4H3. The van der Waals surface area contributed by atoms with Crippen molar-refractivity contribution in [2.45, 2.75) is 45.4 Å². The molecule has 1 aliphatic rings. The monoisotopic (exact) mass is 545 g/mol. The van der Waals surface area contributed by atoms with Crippen LogP contribution in [0.15, 0.2) is 46.0 Å². The summed E-state index contributed by atoms with van der Waals surface area (Å²) in [4.78, 5) is 30.3. The second-order valence-corrected chi connectivity index (χ2v) is 9.49. The minimum absolute atomic E-state index is 0.0139. The Labute approximate surface area is 222 Å².